The maximum absolute atomic E-state index is 13.0. The molecule has 1 aliphatic heterocycles. The highest BCUT2D eigenvalue weighted by Gasteiger charge is 2.53. The quantitative estimate of drug-likeness (QED) is 0.185. The number of aromatic nitrogens is 8. The van der Waals surface area contributed by atoms with E-state index < -0.39 is 25.4 Å². The Labute approximate surface area is 269 Å². The van der Waals surface area contributed by atoms with E-state index in [1.165, 1.54) is 34.3 Å². The van der Waals surface area contributed by atoms with Crippen LogP contribution in [0.3, 0.4) is 0 Å². The Morgan fingerprint density at radius 2 is 1.81 bits per heavy atom. The molecule has 47 heavy (non-hydrogen) atoms. The van der Waals surface area contributed by atoms with Crippen LogP contribution in [-0.2, 0) is 6.54 Å². The minimum absolute atomic E-state index is 0.0465. The minimum atomic E-state index is -4.59. The van der Waals surface area contributed by atoms with Crippen LogP contribution in [0.15, 0.2) is 43.1 Å². The van der Waals surface area contributed by atoms with Crippen molar-refractivity contribution in [3.63, 3.8) is 0 Å². The van der Waals surface area contributed by atoms with Gasteiger partial charge in [-0.1, -0.05) is 17.7 Å². The van der Waals surface area contributed by atoms with Gasteiger partial charge in [0.1, 0.15) is 23.9 Å². The standard InChI is InChI=1S/C28H29ClF6N10O2/c1-17(11-44-16-38-41-42-44)47-23-6-18(2-3-21(23)29)19-9-36-25(37-10-19)39-22-12-45(40-24(22)46-15-28(33,34)35)20-7-26(8-20)13-43(14-26)5-4-27(30,31)32/h2-3,6,9-10,12,16-17,20H,4-5,7-8,11,13-15H2,1H3,(H,36,37,39)/t17-/m0/s1. The van der Waals surface area contributed by atoms with Crippen LogP contribution in [-0.4, -0.2) is 89.6 Å². The summed E-state index contributed by atoms with van der Waals surface area (Å²) in [5.74, 6) is 0.251. The summed E-state index contributed by atoms with van der Waals surface area (Å²) in [5.41, 5.74) is 1.36. The van der Waals surface area contributed by atoms with Gasteiger partial charge < -0.3 is 19.7 Å². The Kier molecular flexibility index (Phi) is 8.90. The zero-order chi connectivity index (χ0) is 33.4. The molecule has 0 amide bonds. The molecule has 2 fully saturated rings. The normalized spacial score (nSPS) is 17.3. The smallest absolute Gasteiger partial charge is 0.422 e. The Balaban J connectivity index is 1.10. The number of ether oxygens (including phenoxy) is 2. The monoisotopic (exact) mass is 686 g/mol. The minimum Gasteiger partial charge on any atom is -0.487 e. The van der Waals surface area contributed by atoms with Crippen LogP contribution in [0.2, 0.25) is 5.02 Å². The topological polar surface area (TPSA) is 121 Å². The summed E-state index contributed by atoms with van der Waals surface area (Å²) in [6.07, 6.45) is -2.60. The molecule has 0 unspecified atom stereocenters. The Bertz CT molecular complexity index is 1650. The lowest BCUT2D eigenvalue weighted by Gasteiger charge is -2.59. The molecule has 1 saturated heterocycles. The fraction of sp³-hybridized carbons (Fsp3) is 0.500. The van der Waals surface area contributed by atoms with Crippen molar-refractivity contribution in [3.8, 4) is 22.8 Å². The zero-order valence-corrected chi connectivity index (χ0v) is 25.6. The number of nitrogens with one attached hydrogen (secondary N) is 1. The molecule has 1 N–H and O–H groups in total. The number of hydrogen-bond acceptors (Lipinski definition) is 10. The number of benzene rings is 1. The molecule has 2 aliphatic rings. The molecule has 19 heteroatoms. The predicted octanol–water partition coefficient (Wildman–Crippen LogP) is 5.72. The number of rotatable bonds is 12. The van der Waals surface area contributed by atoms with Gasteiger partial charge in [-0.2, -0.15) is 26.3 Å². The first-order valence-corrected chi connectivity index (χ1v) is 14.9. The van der Waals surface area contributed by atoms with Crippen molar-refractivity contribution in [1.82, 2.24) is 44.9 Å². The molecule has 1 saturated carbocycles. The summed E-state index contributed by atoms with van der Waals surface area (Å²) in [6, 6.07) is 5.04. The van der Waals surface area contributed by atoms with Crippen molar-refractivity contribution in [1.29, 1.82) is 0 Å². The lowest BCUT2D eigenvalue weighted by molar-refractivity contribution is -0.155. The summed E-state index contributed by atoms with van der Waals surface area (Å²) in [4.78, 5) is 10.4. The molecule has 0 radical (unpaired) electrons. The number of tetrazole rings is 1. The molecule has 12 nitrogen and oxygen atoms in total. The molecule has 3 aromatic heterocycles. The van der Waals surface area contributed by atoms with Crippen LogP contribution in [0.1, 0.15) is 32.2 Å². The fourth-order valence-electron chi connectivity index (χ4n) is 5.85. The zero-order valence-electron chi connectivity index (χ0n) is 24.8. The third-order valence-electron chi connectivity index (χ3n) is 7.94. The van der Waals surface area contributed by atoms with E-state index in [1.54, 1.807) is 23.1 Å². The third-order valence-corrected chi connectivity index (χ3v) is 8.25. The Hall–Kier alpha value is -4.19. The third kappa shape index (κ3) is 8.22. The largest absolute Gasteiger partial charge is 0.487 e. The number of hydrogen-bond donors (Lipinski definition) is 1. The molecule has 4 aromatic rings. The van der Waals surface area contributed by atoms with Gasteiger partial charge >= 0.3 is 12.4 Å². The van der Waals surface area contributed by atoms with Crippen molar-refractivity contribution in [3.05, 3.63) is 48.1 Å². The molecular weight excluding hydrogens is 658 g/mol. The van der Waals surface area contributed by atoms with Crippen molar-refractivity contribution >= 4 is 23.2 Å². The summed E-state index contributed by atoms with van der Waals surface area (Å²) in [5, 5.41) is 18.5. The lowest BCUT2D eigenvalue weighted by Crippen LogP contribution is -2.62. The molecule has 1 spiro atoms. The van der Waals surface area contributed by atoms with Crippen LogP contribution in [0.25, 0.3) is 11.1 Å². The van der Waals surface area contributed by atoms with Gasteiger partial charge in [0.2, 0.25) is 5.95 Å². The summed E-state index contributed by atoms with van der Waals surface area (Å²) >= 11 is 6.35. The van der Waals surface area contributed by atoms with E-state index in [2.05, 4.69) is 35.9 Å². The molecule has 252 valence electrons. The molecule has 4 heterocycles. The highest BCUT2D eigenvalue weighted by molar-refractivity contribution is 6.32. The van der Waals surface area contributed by atoms with Gasteiger partial charge in [-0.3, -0.25) is 4.68 Å². The first kappa shape index (κ1) is 32.7. The average Bonchev–Trinajstić information content (AvgIpc) is 3.61. The number of likely N-dealkylation sites (tertiary alicyclic amines) is 1. The molecule has 1 atom stereocenters. The van der Waals surface area contributed by atoms with Crippen LogP contribution in [0.5, 0.6) is 11.6 Å². The van der Waals surface area contributed by atoms with E-state index >= 15 is 0 Å². The van der Waals surface area contributed by atoms with Gasteiger partial charge in [-0.05, 0) is 53.3 Å². The van der Waals surface area contributed by atoms with E-state index in [4.69, 9.17) is 21.1 Å². The van der Waals surface area contributed by atoms with Gasteiger partial charge in [-0.15, -0.1) is 10.2 Å². The van der Waals surface area contributed by atoms with Gasteiger partial charge in [-0.25, -0.2) is 14.6 Å². The van der Waals surface area contributed by atoms with E-state index in [0.717, 1.165) is 0 Å². The van der Waals surface area contributed by atoms with Crippen molar-refractivity contribution in [2.24, 2.45) is 5.41 Å². The Morgan fingerprint density at radius 3 is 2.47 bits per heavy atom. The summed E-state index contributed by atoms with van der Waals surface area (Å²) in [7, 11) is 0. The van der Waals surface area contributed by atoms with Crippen LogP contribution in [0.4, 0.5) is 38.0 Å². The highest BCUT2D eigenvalue weighted by atomic mass is 35.5. The van der Waals surface area contributed by atoms with E-state index in [0.29, 0.717) is 54.4 Å². The molecule has 0 bridgehead atoms. The SMILES string of the molecule is C[C@@H](Cn1cnnn1)Oc1cc(-c2cnc(Nc3cn(C4CC5(C4)CN(CCC(F)(F)F)C5)nc3OCC(F)(F)F)nc2)ccc1Cl. The number of nitrogens with zero attached hydrogens (tertiary/aromatic N) is 9. The molecule has 1 aromatic carbocycles. The van der Waals surface area contributed by atoms with Gasteiger partial charge in [0, 0.05) is 37.6 Å². The summed E-state index contributed by atoms with van der Waals surface area (Å²) in [6.45, 7) is 1.74. The van der Waals surface area contributed by atoms with E-state index in [-0.39, 0.29) is 41.6 Å². The second-order valence-corrected chi connectivity index (χ2v) is 12.3. The van der Waals surface area contributed by atoms with Crippen molar-refractivity contribution in [2.45, 2.75) is 57.2 Å². The average molecular weight is 687 g/mol. The lowest BCUT2D eigenvalue weighted by atomic mass is 9.60. The van der Waals surface area contributed by atoms with Crippen molar-refractivity contribution in [2.75, 3.05) is 31.6 Å². The van der Waals surface area contributed by atoms with Gasteiger partial charge in [0.25, 0.3) is 5.88 Å². The van der Waals surface area contributed by atoms with Crippen LogP contribution < -0.4 is 14.8 Å². The summed E-state index contributed by atoms with van der Waals surface area (Å²) < 4.78 is 90.6. The second-order valence-electron chi connectivity index (χ2n) is 11.9. The first-order valence-electron chi connectivity index (χ1n) is 14.6. The number of alkyl halides is 6. The molecular formula is C28H29ClF6N10O2. The van der Waals surface area contributed by atoms with E-state index in [9.17, 15) is 26.3 Å². The second kappa shape index (κ2) is 12.8. The van der Waals surface area contributed by atoms with Crippen LogP contribution in [0, 0.1) is 5.41 Å². The molecule has 1 aliphatic carbocycles. The Morgan fingerprint density at radius 1 is 1.06 bits per heavy atom. The maximum atomic E-state index is 13.0. The maximum Gasteiger partial charge on any atom is 0.422 e. The fourth-order valence-corrected chi connectivity index (χ4v) is 6.01. The predicted molar refractivity (Wildman–Crippen MR) is 155 cm³/mol. The molecule has 6 rings (SSSR count). The van der Waals surface area contributed by atoms with Crippen LogP contribution >= 0.6 is 11.6 Å². The van der Waals surface area contributed by atoms with Crippen molar-refractivity contribution < 1.29 is 35.8 Å². The highest BCUT2D eigenvalue weighted by Crippen LogP contribution is 2.54. The van der Waals surface area contributed by atoms with Gasteiger partial charge in [0.15, 0.2) is 6.61 Å². The number of halogens is 7. The van der Waals surface area contributed by atoms with E-state index in [1.807, 2.05) is 6.92 Å². The number of anilines is 2. The first-order chi connectivity index (χ1) is 22.2. The van der Waals surface area contributed by atoms with Gasteiger partial charge in [0.05, 0.1) is 30.2 Å².